The molecule has 7 heteroatoms. The molecule has 1 aromatic carbocycles. The lowest BCUT2D eigenvalue weighted by Crippen LogP contribution is -2.32. The Labute approximate surface area is 123 Å². The SMILES string of the molecule is CCN(CC)CC(=O)Nc1ccc(-c2nc(N)n[nH]2)cc1. The third-order valence-electron chi connectivity index (χ3n) is 3.21. The number of H-pyrrole nitrogens is 1. The van der Waals surface area contributed by atoms with Gasteiger partial charge in [0.25, 0.3) is 0 Å². The van der Waals surface area contributed by atoms with E-state index in [1.165, 1.54) is 0 Å². The lowest BCUT2D eigenvalue weighted by atomic mass is 10.2. The van der Waals surface area contributed by atoms with E-state index in [0.29, 0.717) is 12.4 Å². The van der Waals surface area contributed by atoms with Gasteiger partial charge >= 0.3 is 0 Å². The molecule has 0 atom stereocenters. The van der Waals surface area contributed by atoms with E-state index in [1.807, 2.05) is 38.1 Å². The van der Waals surface area contributed by atoms with E-state index in [2.05, 4.69) is 25.4 Å². The molecular formula is C14H20N6O. The van der Waals surface area contributed by atoms with Crippen LogP contribution in [0.5, 0.6) is 0 Å². The van der Waals surface area contributed by atoms with Crippen molar-refractivity contribution in [3.63, 3.8) is 0 Å². The van der Waals surface area contributed by atoms with Gasteiger partial charge in [-0.3, -0.25) is 14.8 Å². The number of benzene rings is 1. The maximum absolute atomic E-state index is 11.9. The Bertz CT molecular complexity index is 588. The van der Waals surface area contributed by atoms with Gasteiger partial charge in [0.05, 0.1) is 6.54 Å². The molecule has 0 unspecified atom stereocenters. The molecule has 0 saturated carbocycles. The van der Waals surface area contributed by atoms with E-state index in [0.717, 1.165) is 24.3 Å². The number of anilines is 2. The molecule has 0 bridgehead atoms. The van der Waals surface area contributed by atoms with Crippen LogP contribution >= 0.6 is 0 Å². The zero-order valence-corrected chi connectivity index (χ0v) is 12.3. The number of likely N-dealkylation sites (N-methyl/N-ethyl adjacent to an activating group) is 1. The third kappa shape index (κ3) is 4.03. The first-order valence-electron chi connectivity index (χ1n) is 6.93. The number of hydrogen-bond donors (Lipinski definition) is 3. The predicted molar refractivity (Wildman–Crippen MR) is 82.6 cm³/mol. The highest BCUT2D eigenvalue weighted by Gasteiger charge is 2.08. The molecule has 0 saturated heterocycles. The number of aromatic amines is 1. The number of nitrogens with one attached hydrogen (secondary N) is 2. The Morgan fingerprint density at radius 2 is 1.95 bits per heavy atom. The van der Waals surface area contributed by atoms with Gasteiger partial charge < -0.3 is 11.1 Å². The first kappa shape index (κ1) is 15.0. The zero-order chi connectivity index (χ0) is 15.2. The van der Waals surface area contributed by atoms with Gasteiger partial charge in [-0.25, -0.2) is 0 Å². The minimum atomic E-state index is -0.0182. The van der Waals surface area contributed by atoms with Crippen LogP contribution in [0.15, 0.2) is 24.3 Å². The summed E-state index contributed by atoms with van der Waals surface area (Å²) < 4.78 is 0. The quantitative estimate of drug-likeness (QED) is 0.744. The van der Waals surface area contributed by atoms with E-state index in [4.69, 9.17) is 5.73 Å². The number of hydrogen-bond acceptors (Lipinski definition) is 5. The molecule has 1 aromatic heterocycles. The Hall–Kier alpha value is -2.41. The van der Waals surface area contributed by atoms with E-state index in [1.54, 1.807) is 0 Å². The second-order valence-corrected chi connectivity index (χ2v) is 4.63. The smallest absolute Gasteiger partial charge is 0.239 e. The van der Waals surface area contributed by atoms with Crippen molar-refractivity contribution in [3.8, 4) is 11.4 Å². The molecule has 1 heterocycles. The maximum Gasteiger partial charge on any atom is 0.239 e. The number of nitrogens with zero attached hydrogens (tertiary/aromatic N) is 3. The molecule has 0 aliphatic carbocycles. The van der Waals surface area contributed by atoms with Gasteiger partial charge in [-0.15, -0.1) is 5.10 Å². The Morgan fingerprint density at radius 1 is 1.29 bits per heavy atom. The van der Waals surface area contributed by atoms with Crippen LogP contribution in [-0.2, 0) is 4.79 Å². The molecule has 0 fully saturated rings. The highest BCUT2D eigenvalue weighted by atomic mass is 16.2. The summed E-state index contributed by atoms with van der Waals surface area (Å²) in [6.45, 7) is 6.18. The number of rotatable bonds is 6. The van der Waals surface area contributed by atoms with Crippen molar-refractivity contribution < 1.29 is 4.79 Å². The number of amides is 1. The third-order valence-corrected chi connectivity index (χ3v) is 3.21. The van der Waals surface area contributed by atoms with Crippen molar-refractivity contribution in [2.45, 2.75) is 13.8 Å². The monoisotopic (exact) mass is 288 g/mol. The number of carbonyl (C=O) groups is 1. The van der Waals surface area contributed by atoms with Crippen LogP contribution < -0.4 is 11.1 Å². The Balaban J connectivity index is 1.98. The molecule has 0 radical (unpaired) electrons. The lowest BCUT2D eigenvalue weighted by Gasteiger charge is -2.17. The Morgan fingerprint density at radius 3 is 2.48 bits per heavy atom. The first-order valence-corrected chi connectivity index (χ1v) is 6.93. The van der Waals surface area contributed by atoms with E-state index < -0.39 is 0 Å². The topological polar surface area (TPSA) is 99.9 Å². The van der Waals surface area contributed by atoms with Gasteiger partial charge in [0.15, 0.2) is 5.82 Å². The van der Waals surface area contributed by atoms with Crippen molar-refractivity contribution in [1.29, 1.82) is 0 Å². The molecule has 21 heavy (non-hydrogen) atoms. The molecule has 0 spiro atoms. The normalized spacial score (nSPS) is 10.8. The van der Waals surface area contributed by atoms with Crippen molar-refractivity contribution in [1.82, 2.24) is 20.1 Å². The summed E-state index contributed by atoms with van der Waals surface area (Å²) in [7, 11) is 0. The zero-order valence-electron chi connectivity index (χ0n) is 12.3. The lowest BCUT2D eigenvalue weighted by molar-refractivity contribution is -0.117. The van der Waals surface area contributed by atoms with Crippen LogP contribution in [0.3, 0.4) is 0 Å². The van der Waals surface area contributed by atoms with Crippen molar-refractivity contribution in [3.05, 3.63) is 24.3 Å². The molecule has 2 aromatic rings. The molecule has 7 nitrogen and oxygen atoms in total. The van der Waals surface area contributed by atoms with Crippen molar-refractivity contribution in [2.75, 3.05) is 30.7 Å². The summed E-state index contributed by atoms with van der Waals surface area (Å²) in [4.78, 5) is 18.0. The first-order chi connectivity index (χ1) is 10.1. The number of aromatic nitrogens is 3. The molecule has 0 aliphatic heterocycles. The fourth-order valence-corrected chi connectivity index (χ4v) is 1.97. The predicted octanol–water partition coefficient (Wildman–Crippen LogP) is 1.33. The van der Waals surface area contributed by atoms with Gasteiger partial charge in [0, 0.05) is 11.3 Å². The minimum Gasteiger partial charge on any atom is -0.366 e. The molecule has 4 N–H and O–H groups in total. The van der Waals surface area contributed by atoms with Crippen LogP contribution in [0.2, 0.25) is 0 Å². The second-order valence-electron chi connectivity index (χ2n) is 4.63. The largest absolute Gasteiger partial charge is 0.366 e. The summed E-state index contributed by atoms with van der Waals surface area (Å²) >= 11 is 0. The van der Waals surface area contributed by atoms with Gasteiger partial charge in [-0.1, -0.05) is 13.8 Å². The number of nitrogen functional groups attached to an aromatic ring is 1. The molecule has 0 aliphatic rings. The summed E-state index contributed by atoms with van der Waals surface area (Å²) in [6, 6.07) is 7.36. The summed E-state index contributed by atoms with van der Waals surface area (Å²) in [5.74, 6) is 0.797. The van der Waals surface area contributed by atoms with E-state index in [-0.39, 0.29) is 11.9 Å². The van der Waals surface area contributed by atoms with Crippen LogP contribution in [0.4, 0.5) is 11.6 Å². The summed E-state index contributed by atoms with van der Waals surface area (Å²) in [5.41, 5.74) is 7.08. The highest BCUT2D eigenvalue weighted by Crippen LogP contribution is 2.18. The summed E-state index contributed by atoms with van der Waals surface area (Å²) in [5, 5.41) is 9.40. The standard InChI is InChI=1S/C14H20N6O/c1-3-20(4-2)9-12(21)16-11-7-5-10(6-8-11)13-17-14(15)19-18-13/h5-8H,3-4,9H2,1-2H3,(H,16,21)(H3,15,17,18,19). The van der Waals surface area contributed by atoms with Gasteiger partial charge in [0.2, 0.25) is 11.9 Å². The van der Waals surface area contributed by atoms with Gasteiger partial charge in [-0.2, -0.15) is 4.98 Å². The fourth-order valence-electron chi connectivity index (χ4n) is 1.97. The van der Waals surface area contributed by atoms with Gasteiger partial charge in [-0.05, 0) is 37.4 Å². The van der Waals surface area contributed by atoms with Gasteiger partial charge in [0.1, 0.15) is 0 Å². The average molecular weight is 288 g/mol. The average Bonchev–Trinajstić information content (AvgIpc) is 2.92. The van der Waals surface area contributed by atoms with Crippen LogP contribution in [-0.4, -0.2) is 45.6 Å². The van der Waals surface area contributed by atoms with Crippen LogP contribution in [0, 0.1) is 0 Å². The number of carbonyl (C=O) groups excluding carboxylic acids is 1. The number of nitrogens with two attached hydrogens (primary N) is 1. The Kier molecular flexibility index (Phi) is 4.89. The summed E-state index contributed by atoms with van der Waals surface area (Å²) in [6.07, 6.45) is 0. The van der Waals surface area contributed by atoms with Crippen molar-refractivity contribution >= 4 is 17.5 Å². The molecule has 1 amide bonds. The fraction of sp³-hybridized carbons (Fsp3) is 0.357. The molecule has 2 rings (SSSR count). The van der Waals surface area contributed by atoms with Crippen LogP contribution in [0.1, 0.15) is 13.8 Å². The highest BCUT2D eigenvalue weighted by molar-refractivity contribution is 5.92. The molecular weight excluding hydrogens is 268 g/mol. The minimum absolute atomic E-state index is 0.0182. The second kappa shape index (κ2) is 6.85. The van der Waals surface area contributed by atoms with Crippen molar-refractivity contribution in [2.24, 2.45) is 0 Å². The van der Waals surface area contributed by atoms with E-state index in [9.17, 15) is 4.79 Å². The van der Waals surface area contributed by atoms with Crippen LogP contribution in [0.25, 0.3) is 11.4 Å². The molecule has 112 valence electrons. The maximum atomic E-state index is 11.9. The van der Waals surface area contributed by atoms with E-state index >= 15 is 0 Å².